The lowest BCUT2D eigenvalue weighted by Crippen LogP contribution is -2.01. The summed E-state index contributed by atoms with van der Waals surface area (Å²) >= 11 is 5.74. The lowest BCUT2D eigenvalue weighted by Gasteiger charge is -2.01. The molecule has 2 heterocycles. The second-order valence-electron chi connectivity index (χ2n) is 3.01. The Morgan fingerprint density at radius 3 is 2.57 bits per heavy atom. The minimum Gasteiger partial charge on any atom is -0.236 e. The second-order valence-corrected chi connectivity index (χ2v) is 3.44. The highest BCUT2D eigenvalue weighted by Crippen LogP contribution is 2.11. The van der Waals surface area contributed by atoms with E-state index in [0.29, 0.717) is 5.02 Å². The molecular formula is C9H9ClN4. The van der Waals surface area contributed by atoms with Gasteiger partial charge in [0.05, 0.1) is 16.4 Å². The van der Waals surface area contributed by atoms with Gasteiger partial charge in [0.15, 0.2) is 5.82 Å². The quantitative estimate of drug-likeness (QED) is 0.719. The molecule has 4 nitrogen and oxygen atoms in total. The van der Waals surface area contributed by atoms with Crippen LogP contribution in [0.1, 0.15) is 11.4 Å². The maximum atomic E-state index is 5.74. The Morgan fingerprint density at radius 2 is 2.07 bits per heavy atom. The zero-order valence-corrected chi connectivity index (χ0v) is 8.65. The predicted molar refractivity (Wildman–Crippen MR) is 53.6 cm³/mol. The lowest BCUT2D eigenvalue weighted by molar-refractivity contribution is 0.763. The number of aryl methyl sites for hydroxylation is 1. The second kappa shape index (κ2) is 3.38. The average Bonchev–Trinajstić information content (AvgIpc) is 2.50. The van der Waals surface area contributed by atoms with Crippen LogP contribution in [0, 0.1) is 13.8 Å². The Hall–Kier alpha value is -1.42. The Morgan fingerprint density at radius 1 is 1.29 bits per heavy atom. The average molecular weight is 209 g/mol. The summed E-state index contributed by atoms with van der Waals surface area (Å²) in [5, 5.41) is 8.55. The highest BCUT2D eigenvalue weighted by atomic mass is 35.5. The summed E-state index contributed by atoms with van der Waals surface area (Å²) in [4.78, 5) is 4.15. The Balaban J connectivity index is 2.49. The zero-order chi connectivity index (χ0) is 10.1. The molecule has 0 bridgehead atoms. The maximum absolute atomic E-state index is 5.74. The Bertz CT molecular complexity index is 446. The minimum atomic E-state index is 0.614. The fourth-order valence-electron chi connectivity index (χ4n) is 1.12. The van der Waals surface area contributed by atoms with Gasteiger partial charge in [-0.1, -0.05) is 16.8 Å². The molecule has 0 saturated heterocycles. The molecule has 2 aromatic heterocycles. The van der Waals surface area contributed by atoms with Gasteiger partial charge in [0.1, 0.15) is 0 Å². The van der Waals surface area contributed by atoms with Crippen molar-refractivity contribution in [2.24, 2.45) is 0 Å². The molecule has 0 spiro atoms. The zero-order valence-electron chi connectivity index (χ0n) is 7.90. The van der Waals surface area contributed by atoms with E-state index < -0.39 is 0 Å². The Labute approximate surface area is 86.5 Å². The molecule has 0 aliphatic heterocycles. The Kier molecular flexibility index (Phi) is 2.21. The van der Waals surface area contributed by atoms with Crippen molar-refractivity contribution in [1.29, 1.82) is 0 Å². The standard InChI is InChI=1S/C9H9ClN4/c1-6-7(2)14(13-12-6)9-4-3-8(10)5-11-9/h3-5H,1-2H3. The van der Waals surface area contributed by atoms with Crippen LogP contribution in [-0.4, -0.2) is 20.0 Å². The molecule has 0 N–H and O–H groups in total. The van der Waals surface area contributed by atoms with Gasteiger partial charge in [-0.15, -0.1) is 5.10 Å². The van der Waals surface area contributed by atoms with Crippen molar-refractivity contribution in [2.45, 2.75) is 13.8 Å². The first-order valence-corrected chi connectivity index (χ1v) is 4.57. The molecule has 2 rings (SSSR count). The third-order valence-electron chi connectivity index (χ3n) is 2.05. The first-order chi connectivity index (χ1) is 6.68. The van der Waals surface area contributed by atoms with Gasteiger partial charge in [0.2, 0.25) is 0 Å². The van der Waals surface area contributed by atoms with Crippen molar-refractivity contribution in [3.05, 3.63) is 34.7 Å². The van der Waals surface area contributed by atoms with Crippen LogP contribution < -0.4 is 0 Å². The van der Waals surface area contributed by atoms with E-state index in [1.165, 1.54) is 0 Å². The number of nitrogens with zero attached hydrogens (tertiary/aromatic N) is 4. The molecule has 0 aliphatic rings. The topological polar surface area (TPSA) is 43.6 Å². The summed E-state index contributed by atoms with van der Waals surface area (Å²) in [5.74, 6) is 0.729. The van der Waals surface area contributed by atoms with E-state index in [0.717, 1.165) is 17.2 Å². The van der Waals surface area contributed by atoms with Crippen molar-refractivity contribution in [2.75, 3.05) is 0 Å². The largest absolute Gasteiger partial charge is 0.236 e. The van der Waals surface area contributed by atoms with Crippen LogP contribution in [0.3, 0.4) is 0 Å². The third kappa shape index (κ3) is 1.48. The summed E-state index contributed by atoms with van der Waals surface area (Å²) in [6, 6.07) is 3.59. The van der Waals surface area contributed by atoms with Gasteiger partial charge in [0.25, 0.3) is 0 Å². The molecular weight excluding hydrogens is 200 g/mol. The normalized spacial score (nSPS) is 10.5. The maximum Gasteiger partial charge on any atom is 0.155 e. The van der Waals surface area contributed by atoms with Crippen LogP contribution >= 0.6 is 11.6 Å². The van der Waals surface area contributed by atoms with Crippen molar-refractivity contribution >= 4 is 11.6 Å². The molecule has 5 heteroatoms. The minimum absolute atomic E-state index is 0.614. The molecule has 72 valence electrons. The van der Waals surface area contributed by atoms with Gasteiger partial charge >= 0.3 is 0 Å². The van der Waals surface area contributed by atoms with Crippen molar-refractivity contribution in [1.82, 2.24) is 20.0 Å². The fraction of sp³-hybridized carbons (Fsp3) is 0.222. The molecule has 0 aromatic carbocycles. The highest BCUT2D eigenvalue weighted by molar-refractivity contribution is 6.30. The fourth-order valence-corrected chi connectivity index (χ4v) is 1.23. The van der Waals surface area contributed by atoms with Crippen LogP contribution in [0.4, 0.5) is 0 Å². The van der Waals surface area contributed by atoms with Crippen molar-refractivity contribution in [3.8, 4) is 5.82 Å². The highest BCUT2D eigenvalue weighted by Gasteiger charge is 2.06. The van der Waals surface area contributed by atoms with E-state index >= 15 is 0 Å². The van der Waals surface area contributed by atoms with Gasteiger partial charge in [-0.2, -0.15) is 4.68 Å². The number of hydrogen-bond acceptors (Lipinski definition) is 3. The van der Waals surface area contributed by atoms with Crippen LogP contribution in [0.5, 0.6) is 0 Å². The number of pyridine rings is 1. The molecule has 0 atom stereocenters. The molecule has 14 heavy (non-hydrogen) atoms. The number of halogens is 1. The monoisotopic (exact) mass is 208 g/mol. The number of rotatable bonds is 1. The molecule has 2 aromatic rings. The molecule has 0 aliphatic carbocycles. The van der Waals surface area contributed by atoms with Crippen LogP contribution in [0.25, 0.3) is 5.82 Å². The summed E-state index contributed by atoms with van der Waals surface area (Å²) in [6.45, 7) is 3.86. The predicted octanol–water partition coefficient (Wildman–Crippen LogP) is 1.93. The van der Waals surface area contributed by atoms with Crippen LogP contribution in [-0.2, 0) is 0 Å². The molecule has 0 radical (unpaired) electrons. The van der Waals surface area contributed by atoms with Crippen molar-refractivity contribution in [3.63, 3.8) is 0 Å². The van der Waals surface area contributed by atoms with Gasteiger partial charge in [-0.25, -0.2) is 4.98 Å². The molecule has 0 saturated carbocycles. The van der Waals surface area contributed by atoms with Crippen molar-refractivity contribution < 1.29 is 0 Å². The van der Waals surface area contributed by atoms with Crippen LogP contribution in [0.15, 0.2) is 18.3 Å². The van der Waals surface area contributed by atoms with E-state index in [-0.39, 0.29) is 0 Å². The summed E-state index contributed by atoms with van der Waals surface area (Å²) in [5.41, 5.74) is 1.89. The SMILES string of the molecule is Cc1nnn(-c2ccc(Cl)cn2)c1C. The molecule has 0 amide bonds. The summed E-state index contributed by atoms with van der Waals surface area (Å²) in [7, 11) is 0. The number of aromatic nitrogens is 4. The van der Waals surface area contributed by atoms with E-state index in [2.05, 4.69) is 15.3 Å². The van der Waals surface area contributed by atoms with Gasteiger partial charge in [-0.05, 0) is 26.0 Å². The van der Waals surface area contributed by atoms with Gasteiger partial charge < -0.3 is 0 Å². The van der Waals surface area contributed by atoms with E-state index in [1.807, 2.05) is 19.9 Å². The third-order valence-corrected chi connectivity index (χ3v) is 2.28. The lowest BCUT2D eigenvalue weighted by atomic mass is 10.4. The van der Waals surface area contributed by atoms with E-state index in [1.54, 1.807) is 16.9 Å². The van der Waals surface area contributed by atoms with Gasteiger partial charge in [0, 0.05) is 6.20 Å². The smallest absolute Gasteiger partial charge is 0.155 e. The molecule has 0 unspecified atom stereocenters. The van der Waals surface area contributed by atoms with E-state index in [4.69, 9.17) is 11.6 Å². The first-order valence-electron chi connectivity index (χ1n) is 4.19. The summed E-state index contributed by atoms with van der Waals surface area (Å²) < 4.78 is 1.69. The van der Waals surface area contributed by atoms with Gasteiger partial charge in [-0.3, -0.25) is 0 Å². The van der Waals surface area contributed by atoms with Crippen LogP contribution in [0.2, 0.25) is 5.02 Å². The first kappa shape index (κ1) is 9.15. The molecule has 0 fully saturated rings. The van der Waals surface area contributed by atoms with E-state index in [9.17, 15) is 0 Å². The number of hydrogen-bond donors (Lipinski definition) is 0. The summed E-state index contributed by atoms with van der Waals surface area (Å²) in [6.07, 6.45) is 1.59.